The van der Waals surface area contributed by atoms with E-state index < -0.39 is 0 Å². The van der Waals surface area contributed by atoms with Gasteiger partial charge in [0.2, 0.25) is 11.8 Å². The van der Waals surface area contributed by atoms with E-state index in [9.17, 15) is 9.59 Å². The second kappa shape index (κ2) is 6.42. The molecule has 2 amide bonds. The van der Waals surface area contributed by atoms with Crippen LogP contribution in [-0.4, -0.2) is 41.2 Å². The van der Waals surface area contributed by atoms with Crippen LogP contribution in [0.25, 0.3) is 0 Å². The normalized spacial score (nSPS) is 26.6. The van der Waals surface area contributed by atoms with Gasteiger partial charge in [-0.2, -0.15) is 0 Å². The van der Waals surface area contributed by atoms with E-state index in [0.717, 1.165) is 38.6 Å². The molecular formula is C20H24N2O2. The SMILES string of the molecule is O=C(C1CC=CCC1)N1CC(=O)N2CCCc3ccccc3C2C1. The van der Waals surface area contributed by atoms with Crippen molar-refractivity contribution in [2.45, 2.75) is 38.1 Å². The molecule has 0 radical (unpaired) electrons. The monoisotopic (exact) mass is 324 g/mol. The van der Waals surface area contributed by atoms with Crippen molar-refractivity contribution in [2.75, 3.05) is 19.6 Å². The van der Waals surface area contributed by atoms with E-state index in [0.29, 0.717) is 6.54 Å². The van der Waals surface area contributed by atoms with E-state index >= 15 is 0 Å². The number of nitrogens with zero attached hydrogens (tertiary/aromatic N) is 2. The van der Waals surface area contributed by atoms with Crippen LogP contribution in [0.5, 0.6) is 0 Å². The third kappa shape index (κ3) is 2.74. The minimum absolute atomic E-state index is 0.0213. The van der Waals surface area contributed by atoms with Crippen LogP contribution >= 0.6 is 0 Å². The minimum Gasteiger partial charge on any atom is -0.332 e. The van der Waals surface area contributed by atoms with E-state index in [1.807, 2.05) is 15.9 Å². The van der Waals surface area contributed by atoms with Gasteiger partial charge in [0, 0.05) is 19.0 Å². The van der Waals surface area contributed by atoms with E-state index in [1.165, 1.54) is 11.1 Å². The summed E-state index contributed by atoms with van der Waals surface area (Å²) in [5.74, 6) is 0.312. The molecule has 2 atom stereocenters. The smallest absolute Gasteiger partial charge is 0.242 e. The third-order valence-electron chi connectivity index (χ3n) is 5.61. The highest BCUT2D eigenvalue weighted by Crippen LogP contribution is 2.33. The Hall–Kier alpha value is -2.10. The maximum absolute atomic E-state index is 12.9. The van der Waals surface area contributed by atoms with E-state index in [-0.39, 0.29) is 30.3 Å². The van der Waals surface area contributed by atoms with Gasteiger partial charge in [0.05, 0.1) is 12.6 Å². The number of hydrogen-bond acceptors (Lipinski definition) is 2. The van der Waals surface area contributed by atoms with E-state index in [1.54, 1.807) is 0 Å². The Morgan fingerprint density at radius 1 is 1.17 bits per heavy atom. The first kappa shape index (κ1) is 15.4. The third-order valence-corrected chi connectivity index (χ3v) is 5.61. The van der Waals surface area contributed by atoms with Crippen LogP contribution in [0.15, 0.2) is 36.4 Å². The Labute approximate surface area is 143 Å². The molecule has 0 aromatic heterocycles. The van der Waals surface area contributed by atoms with Gasteiger partial charge in [0.15, 0.2) is 0 Å². The summed E-state index contributed by atoms with van der Waals surface area (Å²) >= 11 is 0. The molecule has 0 bridgehead atoms. The number of hydrogen-bond donors (Lipinski definition) is 0. The predicted octanol–water partition coefficient (Wildman–Crippen LogP) is 2.70. The van der Waals surface area contributed by atoms with Gasteiger partial charge < -0.3 is 9.80 Å². The fourth-order valence-corrected chi connectivity index (χ4v) is 4.32. The second-order valence-electron chi connectivity index (χ2n) is 7.11. The molecule has 1 aromatic rings. The van der Waals surface area contributed by atoms with Crippen LogP contribution in [0, 0.1) is 5.92 Å². The van der Waals surface area contributed by atoms with Crippen molar-refractivity contribution in [1.82, 2.24) is 9.80 Å². The molecule has 126 valence electrons. The molecule has 2 unspecified atom stereocenters. The van der Waals surface area contributed by atoms with E-state index in [4.69, 9.17) is 0 Å². The zero-order valence-corrected chi connectivity index (χ0v) is 14.0. The molecule has 4 rings (SSSR count). The number of benzene rings is 1. The van der Waals surface area contributed by atoms with Crippen LogP contribution < -0.4 is 0 Å². The number of piperazine rings is 1. The quantitative estimate of drug-likeness (QED) is 0.745. The average molecular weight is 324 g/mol. The van der Waals surface area contributed by atoms with Gasteiger partial charge in [-0.3, -0.25) is 9.59 Å². The lowest BCUT2D eigenvalue weighted by molar-refractivity contribution is -0.151. The van der Waals surface area contributed by atoms with Crippen molar-refractivity contribution in [1.29, 1.82) is 0 Å². The van der Waals surface area contributed by atoms with Gasteiger partial charge in [-0.25, -0.2) is 0 Å². The lowest BCUT2D eigenvalue weighted by Gasteiger charge is -2.42. The van der Waals surface area contributed by atoms with Crippen LogP contribution in [0.3, 0.4) is 0 Å². The Morgan fingerprint density at radius 2 is 2.04 bits per heavy atom. The van der Waals surface area contributed by atoms with Crippen molar-refractivity contribution < 1.29 is 9.59 Å². The summed E-state index contributed by atoms with van der Waals surface area (Å²) in [6, 6.07) is 8.42. The molecule has 0 N–H and O–H groups in total. The highest BCUT2D eigenvalue weighted by atomic mass is 16.2. The number of amides is 2. The van der Waals surface area contributed by atoms with Gasteiger partial charge in [-0.1, -0.05) is 36.4 Å². The first-order chi connectivity index (χ1) is 11.7. The summed E-state index contributed by atoms with van der Waals surface area (Å²) in [5, 5.41) is 0. The first-order valence-electron chi connectivity index (χ1n) is 9.05. The summed E-state index contributed by atoms with van der Waals surface area (Å²) in [6.45, 7) is 1.69. The molecule has 4 heteroatoms. The van der Waals surface area contributed by atoms with Gasteiger partial charge in [0.25, 0.3) is 0 Å². The van der Waals surface area contributed by atoms with Crippen LogP contribution in [0.4, 0.5) is 0 Å². The van der Waals surface area contributed by atoms with Crippen molar-refractivity contribution in [3.8, 4) is 0 Å². The van der Waals surface area contributed by atoms with Crippen molar-refractivity contribution in [3.05, 3.63) is 47.5 Å². The first-order valence-corrected chi connectivity index (χ1v) is 9.05. The largest absolute Gasteiger partial charge is 0.332 e. The summed E-state index contributed by atoms with van der Waals surface area (Å²) in [4.78, 5) is 29.4. The highest BCUT2D eigenvalue weighted by molar-refractivity contribution is 5.87. The zero-order chi connectivity index (χ0) is 16.5. The molecular weight excluding hydrogens is 300 g/mol. The van der Waals surface area contributed by atoms with Crippen molar-refractivity contribution in [3.63, 3.8) is 0 Å². The molecule has 1 saturated heterocycles. The molecule has 4 nitrogen and oxygen atoms in total. The Balaban J connectivity index is 1.60. The number of carbonyl (C=O) groups is 2. The molecule has 1 aromatic carbocycles. The van der Waals surface area contributed by atoms with Gasteiger partial charge in [0.1, 0.15) is 0 Å². The average Bonchev–Trinajstić information content (AvgIpc) is 2.82. The van der Waals surface area contributed by atoms with Gasteiger partial charge >= 0.3 is 0 Å². The zero-order valence-electron chi connectivity index (χ0n) is 14.0. The fourth-order valence-electron chi connectivity index (χ4n) is 4.32. The molecule has 0 spiro atoms. The molecule has 0 saturated carbocycles. The summed E-state index contributed by atoms with van der Waals surface area (Å²) in [7, 11) is 0. The minimum atomic E-state index is 0.0213. The summed E-state index contributed by atoms with van der Waals surface area (Å²) in [6.07, 6.45) is 8.95. The standard InChI is InChI=1S/C20H24N2O2/c23-19-14-21(20(24)16-8-2-1-3-9-16)13-18-17-11-5-4-7-15(17)10-6-12-22(18)19/h1-2,4-5,7,11,16,18H,3,6,8-10,12-14H2. The molecule has 2 aliphatic heterocycles. The summed E-state index contributed by atoms with van der Waals surface area (Å²) in [5.41, 5.74) is 2.55. The number of rotatable bonds is 1. The molecule has 1 fully saturated rings. The number of aryl methyl sites for hydroxylation is 1. The van der Waals surface area contributed by atoms with Crippen LogP contribution in [0.1, 0.15) is 42.9 Å². The van der Waals surface area contributed by atoms with Crippen LogP contribution in [-0.2, 0) is 16.0 Å². The number of fused-ring (bicyclic) bond motifs is 3. The van der Waals surface area contributed by atoms with Gasteiger partial charge in [-0.15, -0.1) is 0 Å². The Bertz CT molecular complexity index is 682. The number of allylic oxidation sites excluding steroid dienone is 2. The predicted molar refractivity (Wildman–Crippen MR) is 92.3 cm³/mol. The highest BCUT2D eigenvalue weighted by Gasteiger charge is 2.38. The molecule has 24 heavy (non-hydrogen) atoms. The molecule has 2 heterocycles. The fraction of sp³-hybridized carbons (Fsp3) is 0.500. The Kier molecular flexibility index (Phi) is 4.13. The molecule has 3 aliphatic rings. The lowest BCUT2D eigenvalue weighted by atomic mass is 9.91. The van der Waals surface area contributed by atoms with Gasteiger partial charge in [-0.05, 0) is 43.2 Å². The maximum atomic E-state index is 12.9. The lowest BCUT2D eigenvalue weighted by Crippen LogP contribution is -2.54. The Morgan fingerprint density at radius 3 is 2.88 bits per heavy atom. The molecule has 1 aliphatic carbocycles. The maximum Gasteiger partial charge on any atom is 0.242 e. The van der Waals surface area contributed by atoms with Crippen LogP contribution in [0.2, 0.25) is 0 Å². The van der Waals surface area contributed by atoms with Crippen molar-refractivity contribution in [2.24, 2.45) is 5.92 Å². The topological polar surface area (TPSA) is 40.6 Å². The number of carbonyl (C=O) groups excluding carboxylic acids is 2. The van der Waals surface area contributed by atoms with Crippen molar-refractivity contribution >= 4 is 11.8 Å². The second-order valence-corrected chi connectivity index (χ2v) is 7.11. The van der Waals surface area contributed by atoms with E-state index in [2.05, 4.69) is 30.4 Å². The summed E-state index contributed by atoms with van der Waals surface area (Å²) < 4.78 is 0.